The van der Waals surface area contributed by atoms with Crippen molar-refractivity contribution >= 4 is 10.0 Å². The van der Waals surface area contributed by atoms with Gasteiger partial charge in [0.1, 0.15) is 18.1 Å². The molecule has 0 aromatic heterocycles. The minimum absolute atomic E-state index is 0.0663. The summed E-state index contributed by atoms with van der Waals surface area (Å²) in [5.41, 5.74) is 1.01. The molecule has 24 heavy (non-hydrogen) atoms. The molecule has 1 N–H and O–H groups in total. The molecular weight excluding hydrogens is 326 g/mol. The van der Waals surface area contributed by atoms with Crippen LogP contribution in [-0.2, 0) is 16.4 Å². The van der Waals surface area contributed by atoms with E-state index in [9.17, 15) is 8.42 Å². The zero-order valence-electron chi connectivity index (χ0n) is 13.8. The second kappa shape index (κ2) is 9.30. The fourth-order valence-electron chi connectivity index (χ4n) is 2.16. The molecule has 0 aliphatic rings. The van der Waals surface area contributed by atoms with Crippen LogP contribution in [0.5, 0.6) is 11.5 Å². The average Bonchev–Trinajstić information content (AvgIpc) is 2.59. The van der Waals surface area contributed by atoms with Gasteiger partial charge in [-0.2, -0.15) is 0 Å². The van der Waals surface area contributed by atoms with Gasteiger partial charge in [0, 0.05) is 12.6 Å². The summed E-state index contributed by atoms with van der Waals surface area (Å²) in [6.45, 7) is 3.00. The Kier molecular flexibility index (Phi) is 7.08. The van der Waals surface area contributed by atoms with Crippen molar-refractivity contribution in [2.75, 3.05) is 25.5 Å². The minimum Gasteiger partial charge on any atom is -0.494 e. The van der Waals surface area contributed by atoms with Crippen LogP contribution in [-0.4, -0.2) is 33.9 Å². The highest BCUT2D eigenvalue weighted by Gasteiger charge is 2.09. The maximum Gasteiger partial charge on any atom is 0.212 e. The van der Waals surface area contributed by atoms with Gasteiger partial charge >= 0.3 is 0 Å². The number of rotatable bonds is 10. The Morgan fingerprint density at radius 3 is 2.38 bits per heavy atom. The predicted molar refractivity (Wildman–Crippen MR) is 95.0 cm³/mol. The summed E-state index contributed by atoms with van der Waals surface area (Å²) in [4.78, 5) is 0. The standard InChI is InChI=1S/C18H23NO4S/c1-2-22-17-9-6-10-18(15-17)23-13-12-19-24(20,21)14-11-16-7-4-3-5-8-16/h3-10,15,19H,2,11-14H2,1H3. The smallest absolute Gasteiger partial charge is 0.212 e. The van der Waals surface area contributed by atoms with Crippen molar-refractivity contribution in [3.8, 4) is 11.5 Å². The van der Waals surface area contributed by atoms with E-state index >= 15 is 0 Å². The van der Waals surface area contributed by atoms with E-state index < -0.39 is 10.0 Å². The largest absolute Gasteiger partial charge is 0.494 e. The number of ether oxygens (including phenoxy) is 2. The Morgan fingerprint density at radius 2 is 1.67 bits per heavy atom. The summed E-state index contributed by atoms with van der Waals surface area (Å²) in [6, 6.07) is 16.8. The lowest BCUT2D eigenvalue weighted by Gasteiger charge is -2.10. The summed E-state index contributed by atoms with van der Waals surface area (Å²) in [5.74, 6) is 1.46. The van der Waals surface area contributed by atoms with E-state index in [2.05, 4.69) is 4.72 Å². The van der Waals surface area contributed by atoms with Gasteiger partial charge in [0.2, 0.25) is 10.0 Å². The lowest BCUT2D eigenvalue weighted by Crippen LogP contribution is -2.31. The first-order valence-electron chi connectivity index (χ1n) is 7.96. The third-order valence-electron chi connectivity index (χ3n) is 3.31. The van der Waals surface area contributed by atoms with E-state index in [1.807, 2.05) is 55.5 Å². The van der Waals surface area contributed by atoms with E-state index in [4.69, 9.17) is 9.47 Å². The molecule has 0 radical (unpaired) electrons. The molecule has 0 bridgehead atoms. The molecule has 6 heteroatoms. The molecular formula is C18H23NO4S. The molecule has 2 aromatic carbocycles. The van der Waals surface area contributed by atoms with Gasteiger partial charge in [-0.05, 0) is 31.0 Å². The maximum absolute atomic E-state index is 12.0. The Bertz CT molecular complexity index is 717. The van der Waals surface area contributed by atoms with Crippen molar-refractivity contribution in [3.63, 3.8) is 0 Å². The lowest BCUT2D eigenvalue weighted by atomic mass is 10.2. The molecule has 0 fully saturated rings. The third-order valence-corrected chi connectivity index (χ3v) is 4.70. The number of benzene rings is 2. The van der Waals surface area contributed by atoms with Crippen LogP contribution in [0.3, 0.4) is 0 Å². The number of hydrogen-bond donors (Lipinski definition) is 1. The van der Waals surface area contributed by atoms with Crippen LogP contribution >= 0.6 is 0 Å². The van der Waals surface area contributed by atoms with Crippen LogP contribution in [0.1, 0.15) is 12.5 Å². The number of hydrogen-bond acceptors (Lipinski definition) is 4. The fourth-order valence-corrected chi connectivity index (χ4v) is 3.20. The van der Waals surface area contributed by atoms with E-state index in [1.54, 1.807) is 6.07 Å². The Hall–Kier alpha value is -2.05. The van der Waals surface area contributed by atoms with Crippen molar-refractivity contribution in [3.05, 3.63) is 60.2 Å². The van der Waals surface area contributed by atoms with Crippen molar-refractivity contribution < 1.29 is 17.9 Å². The first-order valence-corrected chi connectivity index (χ1v) is 9.61. The number of aryl methyl sites for hydroxylation is 1. The first-order chi connectivity index (χ1) is 11.6. The molecule has 0 atom stereocenters. The summed E-state index contributed by atoms with van der Waals surface area (Å²) in [7, 11) is -3.31. The fraction of sp³-hybridized carbons (Fsp3) is 0.333. The molecule has 0 saturated carbocycles. The molecule has 0 heterocycles. The molecule has 0 aliphatic heterocycles. The van der Waals surface area contributed by atoms with Crippen molar-refractivity contribution in [2.24, 2.45) is 0 Å². The maximum atomic E-state index is 12.0. The van der Waals surface area contributed by atoms with Crippen molar-refractivity contribution in [1.29, 1.82) is 0 Å². The molecule has 0 aliphatic carbocycles. The van der Waals surface area contributed by atoms with Gasteiger partial charge in [-0.15, -0.1) is 0 Å². The van der Waals surface area contributed by atoms with Crippen LogP contribution in [0.4, 0.5) is 0 Å². The van der Waals surface area contributed by atoms with Crippen molar-refractivity contribution in [1.82, 2.24) is 4.72 Å². The molecule has 130 valence electrons. The summed E-state index contributed by atoms with van der Waals surface area (Å²) in [6.07, 6.45) is 0.493. The van der Waals surface area contributed by atoms with Crippen LogP contribution in [0.25, 0.3) is 0 Å². The monoisotopic (exact) mass is 349 g/mol. The van der Waals surface area contributed by atoms with Gasteiger partial charge in [0.15, 0.2) is 0 Å². The quantitative estimate of drug-likeness (QED) is 0.670. The van der Waals surface area contributed by atoms with E-state index in [1.165, 1.54) is 0 Å². The van der Waals surface area contributed by atoms with E-state index in [-0.39, 0.29) is 18.9 Å². The first kappa shape index (κ1) is 18.3. The highest BCUT2D eigenvalue weighted by atomic mass is 32.2. The van der Waals surface area contributed by atoms with Gasteiger partial charge in [-0.3, -0.25) is 0 Å². The van der Waals surface area contributed by atoms with Gasteiger partial charge in [-0.1, -0.05) is 36.4 Å². The molecule has 2 rings (SSSR count). The summed E-state index contributed by atoms with van der Waals surface area (Å²) >= 11 is 0. The zero-order chi connectivity index (χ0) is 17.3. The van der Waals surface area contributed by atoms with Gasteiger partial charge in [-0.25, -0.2) is 13.1 Å². The second-order valence-corrected chi connectivity index (χ2v) is 7.13. The summed E-state index contributed by atoms with van der Waals surface area (Å²) in [5, 5.41) is 0. The number of nitrogens with one attached hydrogen (secondary N) is 1. The highest BCUT2D eigenvalue weighted by Crippen LogP contribution is 2.19. The van der Waals surface area contributed by atoms with Crippen LogP contribution in [0, 0.1) is 0 Å². The van der Waals surface area contributed by atoms with Crippen LogP contribution in [0.15, 0.2) is 54.6 Å². The molecule has 0 saturated heterocycles. The minimum atomic E-state index is -3.31. The third kappa shape index (κ3) is 6.60. The normalized spacial score (nSPS) is 11.2. The Balaban J connectivity index is 1.72. The predicted octanol–water partition coefficient (Wildman–Crippen LogP) is 2.63. The van der Waals surface area contributed by atoms with Crippen molar-refractivity contribution in [2.45, 2.75) is 13.3 Å². The molecule has 0 amide bonds. The Labute approximate surface area is 143 Å². The topological polar surface area (TPSA) is 64.6 Å². The van der Waals surface area contributed by atoms with E-state index in [0.29, 0.717) is 18.8 Å². The van der Waals surface area contributed by atoms with E-state index in [0.717, 1.165) is 11.3 Å². The van der Waals surface area contributed by atoms with Gasteiger partial charge in [0.25, 0.3) is 0 Å². The van der Waals surface area contributed by atoms with Gasteiger partial charge in [0.05, 0.1) is 12.4 Å². The zero-order valence-corrected chi connectivity index (χ0v) is 14.6. The molecule has 5 nitrogen and oxygen atoms in total. The molecule has 0 unspecified atom stereocenters. The van der Waals surface area contributed by atoms with Crippen LogP contribution in [0.2, 0.25) is 0 Å². The SMILES string of the molecule is CCOc1cccc(OCCNS(=O)(=O)CCc2ccccc2)c1. The number of sulfonamides is 1. The molecule has 0 spiro atoms. The van der Waals surface area contributed by atoms with Gasteiger partial charge < -0.3 is 9.47 Å². The molecule has 2 aromatic rings. The highest BCUT2D eigenvalue weighted by molar-refractivity contribution is 7.89. The van der Waals surface area contributed by atoms with Crippen LogP contribution < -0.4 is 14.2 Å². The average molecular weight is 349 g/mol. The lowest BCUT2D eigenvalue weighted by molar-refractivity contribution is 0.313. The Morgan fingerprint density at radius 1 is 0.958 bits per heavy atom. The summed E-state index contributed by atoms with van der Waals surface area (Å²) < 4.78 is 37.4. The second-order valence-electron chi connectivity index (χ2n) is 5.21.